The van der Waals surface area contributed by atoms with E-state index in [0.29, 0.717) is 5.56 Å². The van der Waals surface area contributed by atoms with Crippen LogP contribution in [0.5, 0.6) is 11.5 Å². The largest absolute Gasteiger partial charge is 0.507 e. The van der Waals surface area contributed by atoms with Gasteiger partial charge < -0.3 is 30.1 Å². The highest BCUT2D eigenvalue weighted by Crippen LogP contribution is 2.33. The lowest BCUT2D eigenvalue weighted by molar-refractivity contribution is -0.141. The molecule has 30 heavy (non-hydrogen) atoms. The Morgan fingerprint density at radius 1 is 1.20 bits per heavy atom. The topological polar surface area (TPSA) is 150 Å². The maximum Gasteiger partial charge on any atom is 0.343 e. The number of aromatic carboxylic acids is 1. The van der Waals surface area contributed by atoms with E-state index in [9.17, 15) is 24.0 Å². The number of hydrogen-bond donors (Lipinski definition) is 4. The Kier molecular flexibility index (Phi) is 6.70. The number of carbonyl (C=O) groups is 2. The predicted molar refractivity (Wildman–Crippen MR) is 109 cm³/mol. The number of amides is 1. The first-order valence-electron chi connectivity index (χ1n) is 9.19. The van der Waals surface area contributed by atoms with E-state index >= 15 is 0 Å². The predicted octanol–water partition coefficient (Wildman–Crippen LogP) is 1.14. The van der Waals surface area contributed by atoms with Crippen LogP contribution in [0.15, 0.2) is 42.5 Å². The number of aryl methyl sites for hydroxylation is 1. The van der Waals surface area contributed by atoms with Gasteiger partial charge in [0.2, 0.25) is 5.91 Å². The fraction of sp³-hybridized carbons (Fsp3) is 0.300. The van der Waals surface area contributed by atoms with Crippen molar-refractivity contribution in [2.24, 2.45) is 5.73 Å². The molecule has 2 atom stereocenters. The summed E-state index contributed by atoms with van der Waals surface area (Å²) in [5, 5.41) is 19.7. The molecule has 1 heterocycles. The minimum atomic E-state index is -2.06. The third kappa shape index (κ3) is 4.78. The summed E-state index contributed by atoms with van der Waals surface area (Å²) in [6.45, 7) is 0.481. The number of nitrogens with zero attached hydrogens (tertiary/aromatic N) is 1. The number of likely N-dealkylation sites (tertiary alicyclic amines) is 1. The fourth-order valence-corrected chi connectivity index (χ4v) is 3.59. The molecule has 0 saturated carbocycles. The number of carboxylic acids is 1. The Hall–Kier alpha value is -2.95. The number of carbonyl (C=O) groups excluding carboxylic acids is 1. The van der Waals surface area contributed by atoms with Crippen LogP contribution >= 0.6 is 0 Å². The minimum absolute atomic E-state index is 0.0293. The summed E-state index contributed by atoms with van der Waals surface area (Å²) >= 11 is -2.06. The highest BCUT2D eigenvalue weighted by Gasteiger charge is 2.36. The van der Waals surface area contributed by atoms with E-state index in [1.54, 1.807) is 24.3 Å². The molecule has 2 aromatic rings. The third-order valence-electron chi connectivity index (χ3n) is 4.86. The summed E-state index contributed by atoms with van der Waals surface area (Å²) in [4.78, 5) is 25.6. The van der Waals surface area contributed by atoms with Crippen molar-refractivity contribution in [1.82, 2.24) is 4.90 Å². The van der Waals surface area contributed by atoms with Crippen LogP contribution in [0, 0.1) is 0 Å². The average Bonchev–Trinajstić information content (AvgIpc) is 2.68. The number of aromatic hydroxyl groups is 1. The summed E-state index contributed by atoms with van der Waals surface area (Å²) in [6.07, 6.45) is -0.399. The molecule has 160 valence electrons. The molecule has 9 nitrogen and oxygen atoms in total. The molecule has 1 amide bonds. The molecule has 3 rings (SSSR count). The van der Waals surface area contributed by atoms with Crippen molar-refractivity contribution in [3.05, 3.63) is 59.2 Å². The first kappa shape index (κ1) is 21.8. The number of hydrogen-bond acceptors (Lipinski definition) is 6. The highest BCUT2D eigenvalue weighted by atomic mass is 32.2. The van der Waals surface area contributed by atoms with Gasteiger partial charge >= 0.3 is 5.97 Å². The Balaban J connectivity index is 1.65. The van der Waals surface area contributed by atoms with Crippen LogP contribution in [0.2, 0.25) is 0 Å². The summed E-state index contributed by atoms with van der Waals surface area (Å²) < 4.78 is 25.4. The first-order valence-corrected chi connectivity index (χ1v) is 10.5. The molecular weight excluding hydrogens is 412 g/mol. The molecule has 0 spiro atoms. The molecule has 0 radical (unpaired) electrons. The molecule has 5 N–H and O–H groups in total. The van der Waals surface area contributed by atoms with Crippen molar-refractivity contribution in [2.45, 2.75) is 18.6 Å². The van der Waals surface area contributed by atoms with E-state index in [1.165, 1.54) is 17.0 Å². The van der Waals surface area contributed by atoms with Gasteiger partial charge in [-0.15, -0.1) is 0 Å². The van der Waals surface area contributed by atoms with Crippen LogP contribution in [-0.4, -0.2) is 60.7 Å². The van der Waals surface area contributed by atoms with E-state index < -0.39 is 40.5 Å². The monoisotopic (exact) mass is 434 g/mol. The van der Waals surface area contributed by atoms with E-state index in [0.717, 1.165) is 0 Å². The number of carboxylic acid groups (broad SMARTS) is 1. The molecule has 1 saturated heterocycles. The summed E-state index contributed by atoms with van der Waals surface area (Å²) in [5.41, 5.74) is 6.54. The lowest BCUT2D eigenvalue weighted by Crippen LogP contribution is -2.58. The molecule has 0 aromatic heterocycles. The lowest BCUT2D eigenvalue weighted by atomic mass is 10.0. The quantitative estimate of drug-likeness (QED) is 0.452. The zero-order valence-corrected chi connectivity index (χ0v) is 16.7. The van der Waals surface area contributed by atoms with Crippen molar-refractivity contribution < 1.29 is 33.3 Å². The van der Waals surface area contributed by atoms with Crippen LogP contribution in [0.25, 0.3) is 0 Å². The SMILES string of the molecule is N[C@H](C(=O)N1CC(Oc2ccc(CCS(=O)O)c(O)c2C(=O)O)C1)c1ccccc1. The van der Waals surface area contributed by atoms with Gasteiger partial charge in [-0.25, -0.2) is 9.00 Å². The summed E-state index contributed by atoms with van der Waals surface area (Å²) in [5.74, 6) is -2.29. The highest BCUT2D eigenvalue weighted by molar-refractivity contribution is 7.79. The molecule has 1 unspecified atom stereocenters. The van der Waals surface area contributed by atoms with Gasteiger partial charge in [0.15, 0.2) is 11.1 Å². The normalized spacial score (nSPS) is 15.9. The fourth-order valence-electron chi connectivity index (χ4n) is 3.19. The molecule has 1 aliphatic heterocycles. The Bertz CT molecular complexity index is 961. The molecule has 0 aliphatic carbocycles. The van der Waals surface area contributed by atoms with Crippen LogP contribution < -0.4 is 10.5 Å². The number of phenols is 1. The molecule has 2 aromatic carbocycles. The Morgan fingerprint density at radius 3 is 2.47 bits per heavy atom. The van der Waals surface area contributed by atoms with Gasteiger partial charge in [0.25, 0.3) is 0 Å². The lowest BCUT2D eigenvalue weighted by Gasteiger charge is -2.40. The summed E-state index contributed by atoms with van der Waals surface area (Å²) in [6, 6.07) is 11.0. The third-order valence-corrected chi connectivity index (χ3v) is 5.41. The maximum absolute atomic E-state index is 12.5. The van der Waals surface area contributed by atoms with Crippen molar-refractivity contribution in [2.75, 3.05) is 18.8 Å². The van der Waals surface area contributed by atoms with Gasteiger partial charge in [0, 0.05) is 0 Å². The zero-order valence-electron chi connectivity index (χ0n) is 15.9. The number of rotatable bonds is 8. The number of nitrogens with two attached hydrogens (primary N) is 1. The van der Waals surface area contributed by atoms with E-state index in [1.807, 2.05) is 6.07 Å². The Morgan fingerprint density at radius 2 is 1.87 bits per heavy atom. The molecule has 1 fully saturated rings. The van der Waals surface area contributed by atoms with Crippen molar-refractivity contribution in [1.29, 1.82) is 0 Å². The van der Waals surface area contributed by atoms with Crippen molar-refractivity contribution in [3.63, 3.8) is 0 Å². The van der Waals surface area contributed by atoms with Crippen LogP contribution in [0.3, 0.4) is 0 Å². The van der Waals surface area contributed by atoms with Gasteiger partial charge in [-0.3, -0.25) is 4.79 Å². The van der Waals surface area contributed by atoms with E-state index in [2.05, 4.69) is 0 Å². The van der Waals surface area contributed by atoms with Crippen molar-refractivity contribution >= 4 is 23.0 Å². The second kappa shape index (κ2) is 9.24. The van der Waals surface area contributed by atoms with Crippen molar-refractivity contribution in [3.8, 4) is 11.5 Å². The van der Waals surface area contributed by atoms with Gasteiger partial charge in [0.1, 0.15) is 29.2 Å². The standard InChI is InChI=1S/C20H22N2O7S/c21-17(12-4-2-1-3-5-12)19(24)22-10-14(11-22)29-15-7-6-13(8-9-30(27)28)18(23)16(15)20(25)26/h1-7,14,17,23H,8-11,21H2,(H,25,26)(H,27,28)/t17-/m0/s1. The number of benzene rings is 2. The van der Waals surface area contributed by atoms with Gasteiger partial charge in [-0.1, -0.05) is 36.4 Å². The molecular formula is C20H22N2O7S. The zero-order chi connectivity index (χ0) is 21.8. The van der Waals surface area contributed by atoms with Gasteiger partial charge in [-0.05, 0) is 23.6 Å². The first-order chi connectivity index (χ1) is 14.3. The van der Waals surface area contributed by atoms with E-state index in [4.69, 9.17) is 15.0 Å². The maximum atomic E-state index is 12.5. The molecule has 0 bridgehead atoms. The van der Waals surface area contributed by atoms with Crippen LogP contribution in [0.4, 0.5) is 0 Å². The minimum Gasteiger partial charge on any atom is -0.507 e. The Labute approximate surface area is 175 Å². The molecule has 10 heteroatoms. The van der Waals surface area contributed by atoms with Gasteiger partial charge in [-0.2, -0.15) is 0 Å². The second-order valence-corrected chi connectivity index (χ2v) is 7.95. The van der Waals surface area contributed by atoms with Crippen LogP contribution in [0.1, 0.15) is 27.5 Å². The number of ether oxygens (including phenoxy) is 1. The summed E-state index contributed by atoms with van der Waals surface area (Å²) in [7, 11) is 0. The average molecular weight is 434 g/mol. The van der Waals surface area contributed by atoms with Crippen LogP contribution in [-0.2, 0) is 22.3 Å². The van der Waals surface area contributed by atoms with E-state index in [-0.39, 0.29) is 42.5 Å². The molecule has 1 aliphatic rings. The smallest absolute Gasteiger partial charge is 0.343 e. The second-order valence-electron chi connectivity index (χ2n) is 6.90. The van der Waals surface area contributed by atoms with Gasteiger partial charge in [0.05, 0.1) is 18.8 Å².